The lowest BCUT2D eigenvalue weighted by Gasteiger charge is -2.12. The predicted molar refractivity (Wildman–Crippen MR) is 99.3 cm³/mol. The molecule has 1 aliphatic rings. The molecule has 0 saturated carbocycles. The number of amides is 2. The average molecular weight is 380 g/mol. The number of aromatic amines is 1. The van der Waals surface area contributed by atoms with E-state index in [9.17, 15) is 14.0 Å². The quantitative estimate of drug-likeness (QED) is 0.634. The van der Waals surface area contributed by atoms with E-state index in [0.29, 0.717) is 11.4 Å². The number of H-pyrrole nitrogens is 1. The maximum absolute atomic E-state index is 13.6. The Morgan fingerprint density at radius 3 is 2.89 bits per heavy atom. The highest BCUT2D eigenvalue weighted by molar-refractivity contribution is 6.06. The Balaban J connectivity index is 1.44. The van der Waals surface area contributed by atoms with Crippen LogP contribution in [0.3, 0.4) is 0 Å². The SMILES string of the molecule is Cc1cccc2c1C(NC(=O)c1cc(COc3ccccc3F)[nH]n1)C(=O)N2. The molecule has 1 unspecified atom stereocenters. The number of benzene rings is 2. The molecule has 142 valence electrons. The molecule has 3 aromatic rings. The van der Waals surface area contributed by atoms with Gasteiger partial charge in [0.15, 0.2) is 11.6 Å². The zero-order chi connectivity index (χ0) is 19.7. The van der Waals surface area contributed by atoms with Crippen LogP contribution < -0.4 is 15.4 Å². The lowest BCUT2D eigenvalue weighted by Crippen LogP contribution is -2.33. The van der Waals surface area contributed by atoms with E-state index >= 15 is 0 Å². The first-order valence-electron chi connectivity index (χ1n) is 8.66. The first-order chi connectivity index (χ1) is 13.5. The van der Waals surface area contributed by atoms with Gasteiger partial charge in [-0.1, -0.05) is 24.3 Å². The smallest absolute Gasteiger partial charge is 0.272 e. The lowest BCUT2D eigenvalue weighted by molar-refractivity contribution is -0.117. The highest BCUT2D eigenvalue weighted by Gasteiger charge is 2.33. The van der Waals surface area contributed by atoms with Crippen LogP contribution in [-0.2, 0) is 11.4 Å². The molecule has 1 aromatic heterocycles. The zero-order valence-corrected chi connectivity index (χ0v) is 15.0. The number of aromatic nitrogens is 2. The second-order valence-corrected chi connectivity index (χ2v) is 6.43. The molecule has 0 spiro atoms. The number of halogens is 1. The van der Waals surface area contributed by atoms with Crippen molar-refractivity contribution >= 4 is 17.5 Å². The number of anilines is 1. The van der Waals surface area contributed by atoms with Gasteiger partial charge in [0, 0.05) is 11.3 Å². The van der Waals surface area contributed by atoms with Crippen LogP contribution in [0, 0.1) is 12.7 Å². The van der Waals surface area contributed by atoms with Gasteiger partial charge in [0.05, 0.1) is 5.69 Å². The van der Waals surface area contributed by atoms with Crippen LogP contribution in [0.15, 0.2) is 48.5 Å². The number of carbonyl (C=O) groups is 2. The van der Waals surface area contributed by atoms with E-state index in [1.807, 2.05) is 19.1 Å². The number of aryl methyl sites for hydroxylation is 1. The Bertz CT molecular complexity index is 1060. The summed E-state index contributed by atoms with van der Waals surface area (Å²) in [4.78, 5) is 24.8. The van der Waals surface area contributed by atoms with Gasteiger partial charge in [-0.2, -0.15) is 5.10 Å². The molecular weight excluding hydrogens is 363 g/mol. The fourth-order valence-electron chi connectivity index (χ4n) is 3.12. The minimum absolute atomic E-state index is 0.0209. The molecule has 3 N–H and O–H groups in total. The van der Waals surface area contributed by atoms with Crippen molar-refractivity contribution in [2.24, 2.45) is 0 Å². The Labute approximate surface area is 159 Å². The van der Waals surface area contributed by atoms with Crippen LogP contribution in [0.25, 0.3) is 0 Å². The summed E-state index contributed by atoms with van der Waals surface area (Å²) < 4.78 is 19.0. The summed E-state index contributed by atoms with van der Waals surface area (Å²) in [6.45, 7) is 1.90. The average Bonchev–Trinajstić information content (AvgIpc) is 3.27. The van der Waals surface area contributed by atoms with E-state index in [-0.39, 0.29) is 24.0 Å². The van der Waals surface area contributed by atoms with Gasteiger partial charge in [0.2, 0.25) is 0 Å². The number of para-hydroxylation sites is 1. The first kappa shape index (κ1) is 17.7. The number of rotatable bonds is 5. The van der Waals surface area contributed by atoms with E-state index in [1.165, 1.54) is 18.2 Å². The van der Waals surface area contributed by atoms with Gasteiger partial charge in [0.1, 0.15) is 18.3 Å². The molecular formula is C20H17FN4O3. The zero-order valence-electron chi connectivity index (χ0n) is 15.0. The summed E-state index contributed by atoms with van der Waals surface area (Å²) in [6, 6.07) is 12.3. The second-order valence-electron chi connectivity index (χ2n) is 6.43. The Kier molecular flexibility index (Phi) is 4.52. The Morgan fingerprint density at radius 1 is 1.25 bits per heavy atom. The van der Waals surface area contributed by atoms with Crippen LogP contribution >= 0.6 is 0 Å². The minimum atomic E-state index is -0.779. The van der Waals surface area contributed by atoms with Gasteiger partial charge in [0.25, 0.3) is 11.8 Å². The fourth-order valence-corrected chi connectivity index (χ4v) is 3.12. The van der Waals surface area contributed by atoms with Crippen molar-refractivity contribution in [3.8, 4) is 5.75 Å². The van der Waals surface area contributed by atoms with Crippen molar-refractivity contribution in [1.29, 1.82) is 0 Å². The van der Waals surface area contributed by atoms with Crippen molar-refractivity contribution in [3.05, 3.63) is 76.9 Å². The molecule has 0 radical (unpaired) electrons. The van der Waals surface area contributed by atoms with Gasteiger partial charge >= 0.3 is 0 Å². The van der Waals surface area contributed by atoms with Crippen molar-refractivity contribution in [2.45, 2.75) is 19.6 Å². The van der Waals surface area contributed by atoms with E-state index < -0.39 is 17.8 Å². The number of nitrogens with one attached hydrogen (secondary N) is 3. The van der Waals surface area contributed by atoms with Gasteiger partial charge < -0.3 is 15.4 Å². The number of hydrogen-bond donors (Lipinski definition) is 3. The maximum Gasteiger partial charge on any atom is 0.272 e. The normalized spacial score (nSPS) is 15.1. The van der Waals surface area contributed by atoms with Gasteiger partial charge in [-0.25, -0.2) is 4.39 Å². The molecule has 0 saturated heterocycles. The molecule has 0 fully saturated rings. The molecule has 2 amide bonds. The number of carbonyl (C=O) groups excluding carboxylic acids is 2. The standard InChI is InChI=1S/C20H17FN4O3/c1-11-5-4-7-14-17(11)18(20(27)22-14)23-19(26)15-9-12(24-25-15)10-28-16-8-3-2-6-13(16)21/h2-9,18H,10H2,1H3,(H,22,27)(H,23,26)(H,24,25). The molecule has 4 rings (SSSR count). The lowest BCUT2D eigenvalue weighted by atomic mass is 10.0. The van der Waals surface area contributed by atoms with E-state index in [2.05, 4.69) is 20.8 Å². The molecule has 1 atom stereocenters. The number of nitrogens with zero attached hydrogens (tertiary/aromatic N) is 1. The minimum Gasteiger partial charge on any atom is -0.484 e. The van der Waals surface area contributed by atoms with Gasteiger partial charge in [-0.15, -0.1) is 0 Å². The topological polar surface area (TPSA) is 96.1 Å². The third-order valence-corrected chi connectivity index (χ3v) is 4.49. The summed E-state index contributed by atoms with van der Waals surface area (Å²) in [7, 11) is 0. The third-order valence-electron chi connectivity index (χ3n) is 4.49. The summed E-state index contributed by atoms with van der Waals surface area (Å²) in [5, 5.41) is 12.1. The van der Waals surface area contributed by atoms with Crippen molar-refractivity contribution < 1.29 is 18.7 Å². The molecule has 0 bridgehead atoms. The Morgan fingerprint density at radius 2 is 2.07 bits per heavy atom. The molecule has 0 aliphatic carbocycles. The highest BCUT2D eigenvalue weighted by Crippen LogP contribution is 2.33. The largest absolute Gasteiger partial charge is 0.484 e. The Hall–Kier alpha value is -3.68. The molecule has 7 nitrogen and oxygen atoms in total. The summed E-state index contributed by atoms with van der Waals surface area (Å²) in [5.74, 6) is -1.15. The number of ether oxygens (including phenoxy) is 1. The summed E-state index contributed by atoms with van der Waals surface area (Å²) >= 11 is 0. The summed E-state index contributed by atoms with van der Waals surface area (Å²) in [6.07, 6.45) is 0. The maximum atomic E-state index is 13.6. The molecule has 1 aliphatic heterocycles. The highest BCUT2D eigenvalue weighted by atomic mass is 19.1. The van der Waals surface area contributed by atoms with E-state index in [0.717, 1.165) is 11.1 Å². The predicted octanol–water partition coefficient (Wildman–Crippen LogP) is 2.86. The summed E-state index contributed by atoms with van der Waals surface area (Å²) in [5.41, 5.74) is 2.96. The molecule has 28 heavy (non-hydrogen) atoms. The van der Waals surface area contributed by atoms with Crippen molar-refractivity contribution in [1.82, 2.24) is 15.5 Å². The number of hydrogen-bond acceptors (Lipinski definition) is 4. The fraction of sp³-hybridized carbons (Fsp3) is 0.150. The molecule has 2 heterocycles. The molecule has 8 heteroatoms. The van der Waals surface area contributed by atoms with Crippen molar-refractivity contribution in [3.63, 3.8) is 0 Å². The van der Waals surface area contributed by atoms with Crippen LogP contribution in [0.5, 0.6) is 5.75 Å². The van der Waals surface area contributed by atoms with E-state index in [4.69, 9.17) is 4.74 Å². The van der Waals surface area contributed by atoms with Gasteiger partial charge in [-0.3, -0.25) is 14.7 Å². The first-order valence-corrected chi connectivity index (χ1v) is 8.66. The van der Waals surface area contributed by atoms with Crippen LogP contribution in [0.1, 0.15) is 33.4 Å². The van der Waals surface area contributed by atoms with E-state index in [1.54, 1.807) is 18.2 Å². The number of fused-ring (bicyclic) bond motifs is 1. The molecule has 2 aromatic carbocycles. The monoisotopic (exact) mass is 380 g/mol. The van der Waals surface area contributed by atoms with Crippen LogP contribution in [0.2, 0.25) is 0 Å². The van der Waals surface area contributed by atoms with Gasteiger partial charge in [-0.05, 0) is 36.8 Å². The third kappa shape index (κ3) is 3.32. The second kappa shape index (κ2) is 7.15. The van der Waals surface area contributed by atoms with Crippen molar-refractivity contribution in [2.75, 3.05) is 5.32 Å². The van der Waals surface area contributed by atoms with Crippen LogP contribution in [0.4, 0.5) is 10.1 Å². The van der Waals surface area contributed by atoms with Crippen LogP contribution in [-0.4, -0.2) is 22.0 Å².